The van der Waals surface area contributed by atoms with Gasteiger partial charge in [-0.15, -0.1) is 0 Å². The van der Waals surface area contributed by atoms with Gasteiger partial charge in [-0.2, -0.15) is 0 Å². The maximum atomic E-state index is 13.6. The van der Waals surface area contributed by atoms with E-state index >= 15 is 0 Å². The van der Waals surface area contributed by atoms with Crippen LogP contribution in [0.25, 0.3) is 0 Å². The van der Waals surface area contributed by atoms with E-state index in [2.05, 4.69) is 15.0 Å². The van der Waals surface area contributed by atoms with Crippen LogP contribution in [0.2, 0.25) is 0 Å². The quantitative estimate of drug-likeness (QED) is 0.421. The summed E-state index contributed by atoms with van der Waals surface area (Å²) in [6, 6.07) is 16.3. The fraction of sp³-hybridized carbons (Fsp3) is 0.286. The molecule has 0 spiro atoms. The van der Waals surface area contributed by atoms with Crippen LogP contribution in [0, 0.1) is 0 Å². The molecule has 0 radical (unpaired) electrons. The van der Waals surface area contributed by atoms with Gasteiger partial charge in [0, 0.05) is 18.6 Å². The fourth-order valence-electron chi connectivity index (χ4n) is 2.67. The lowest BCUT2D eigenvalue weighted by atomic mass is 10.2. The third-order valence-electron chi connectivity index (χ3n) is 4.17. The summed E-state index contributed by atoms with van der Waals surface area (Å²) in [7, 11) is -4.00. The largest absolute Gasteiger partial charge is 0.476 e. The van der Waals surface area contributed by atoms with Crippen molar-refractivity contribution in [3.05, 3.63) is 90.3 Å². The molecule has 7 nitrogen and oxygen atoms in total. The second-order valence-electron chi connectivity index (χ2n) is 6.45. The van der Waals surface area contributed by atoms with Gasteiger partial charge >= 0.3 is 7.82 Å². The number of phosphoric ester groups is 1. The number of pyridine rings is 3. The van der Waals surface area contributed by atoms with Crippen molar-refractivity contribution >= 4 is 7.82 Å². The topological polar surface area (TPSA) is 83.4 Å². The summed E-state index contributed by atoms with van der Waals surface area (Å²) in [5, 5.41) is 0. The Morgan fingerprint density at radius 3 is 1.17 bits per heavy atom. The number of hydrogen-bond donors (Lipinski definition) is 0. The van der Waals surface area contributed by atoms with Gasteiger partial charge in [0.1, 0.15) is 18.3 Å². The van der Waals surface area contributed by atoms with Crippen molar-refractivity contribution < 1.29 is 18.1 Å². The third kappa shape index (κ3) is 6.02. The molecule has 0 aliphatic rings. The Morgan fingerprint density at radius 2 is 0.931 bits per heavy atom. The van der Waals surface area contributed by atoms with E-state index < -0.39 is 26.1 Å². The molecule has 29 heavy (non-hydrogen) atoms. The molecule has 152 valence electrons. The first-order valence-corrected chi connectivity index (χ1v) is 10.8. The van der Waals surface area contributed by atoms with Crippen LogP contribution in [0.3, 0.4) is 0 Å². The molecule has 0 saturated carbocycles. The van der Waals surface area contributed by atoms with Crippen LogP contribution >= 0.6 is 7.82 Å². The maximum Gasteiger partial charge on any atom is 0.476 e. The molecule has 0 unspecified atom stereocenters. The van der Waals surface area contributed by atoms with Crippen LogP contribution in [0.1, 0.15) is 56.2 Å². The summed E-state index contributed by atoms with van der Waals surface area (Å²) in [5.41, 5.74) is 1.86. The molecule has 0 aliphatic carbocycles. The Hall–Kier alpha value is -2.44. The van der Waals surface area contributed by atoms with Gasteiger partial charge in [0.05, 0.1) is 17.1 Å². The Morgan fingerprint density at radius 1 is 0.621 bits per heavy atom. The van der Waals surface area contributed by atoms with Gasteiger partial charge in [-0.1, -0.05) is 18.2 Å². The lowest BCUT2D eigenvalue weighted by Gasteiger charge is -2.26. The first-order valence-electron chi connectivity index (χ1n) is 9.35. The van der Waals surface area contributed by atoms with E-state index in [9.17, 15) is 4.57 Å². The van der Waals surface area contributed by atoms with Crippen molar-refractivity contribution in [1.82, 2.24) is 15.0 Å². The van der Waals surface area contributed by atoms with Gasteiger partial charge in [-0.25, -0.2) is 4.57 Å². The highest BCUT2D eigenvalue weighted by Crippen LogP contribution is 2.58. The van der Waals surface area contributed by atoms with Gasteiger partial charge in [0.25, 0.3) is 0 Å². The summed E-state index contributed by atoms with van der Waals surface area (Å²) in [4.78, 5) is 12.8. The number of aromatic nitrogens is 3. The van der Waals surface area contributed by atoms with Gasteiger partial charge in [-0.05, 0) is 57.2 Å². The molecule has 0 amide bonds. The highest BCUT2D eigenvalue weighted by atomic mass is 31.2. The summed E-state index contributed by atoms with van der Waals surface area (Å²) in [6.07, 6.45) is 3.13. The summed E-state index contributed by atoms with van der Waals surface area (Å²) in [5.74, 6) is 0. The summed E-state index contributed by atoms with van der Waals surface area (Å²) in [6.45, 7) is 5.25. The molecule has 0 bridgehead atoms. The SMILES string of the molecule is C[C@@H](OP(=O)(O[C@H](C)c1ccccn1)O[C@H](C)c1ccccn1)c1ccccn1. The number of rotatable bonds is 9. The summed E-state index contributed by atoms with van der Waals surface area (Å²) >= 11 is 0. The van der Waals surface area contributed by atoms with Crippen molar-refractivity contribution in [2.24, 2.45) is 0 Å². The highest BCUT2D eigenvalue weighted by molar-refractivity contribution is 7.48. The zero-order valence-electron chi connectivity index (χ0n) is 16.6. The highest BCUT2D eigenvalue weighted by Gasteiger charge is 2.36. The molecular weight excluding hydrogens is 389 g/mol. The van der Waals surface area contributed by atoms with Crippen LogP contribution in [-0.2, 0) is 18.1 Å². The minimum Gasteiger partial charge on any atom is -0.277 e. The Labute approximate surface area is 170 Å². The molecule has 0 aliphatic heterocycles. The van der Waals surface area contributed by atoms with E-state index in [1.165, 1.54) is 0 Å². The summed E-state index contributed by atoms with van der Waals surface area (Å²) < 4.78 is 31.0. The van der Waals surface area contributed by atoms with E-state index in [0.29, 0.717) is 17.1 Å². The molecule has 0 fully saturated rings. The number of hydrogen-bond acceptors (Lipinski definition) is 7. The molecule has 3 atom stereocenters. The van der Waals surface area contributed by atoms with Crippen molar-refractivity contribution in [2.45, 2.75) is 39.1 Å². The minimum absolute atomic E-state index is 0.603. The standard InChI is InChI=1S/C21H24N3O4P/c1-16(19-10-4-7-13-22-19)26-29(25,27-17(2)20-11-5-8-14-23-20)28-18(3)21-12-6-9-15-24-21/h4-18H,1-3H3/t16-,17-,18-/m1/s1. The van der Waals surface area contributed by atoms with Crippen LogP contribution in [0.5, 0.6) is 0 Å². The monoisotopic (exact) mass is 413 g/mol. The predicted molar refractivity (Wildman–Crippen MR) is 109 cm³/mol. The van der Waals surface area contributed by atoms with Crippen molar-refractivity contribution in [2.75, 3.05) is 0 Å². The molecule has 3 aromatic heterocycles. The molecular formula is C21H24N3O4P. The zero-order chi connectivity index (χ0) is 20.7. The fourth-order valence-corrected chi connectivity index (χ4v) is 4.30. The lowest BCUT2D eigenvalue weighted by molar-refractivity contribution is 0.0392. The van der Waals surface area contributed by atoms with Crippen LogP contribution < -0.4 is 0 Å². The Kier molecular flexibility index (Phi) is 7.23. The predicted octanol–water partition coefficient (Wildman–Crippen LogP) is 5.61. The molecule has 8 heteroatoms. The third-order valence-corrected chi connectivity index (χ3v) is 5.90. The van der Waals surface area contributed by atoms with E-state index in [1.54, 1.807) is 75.8 Å². The normalized spacial score (nSPS) is 14.9. The Bertz CT molecular complexity index is 806. The first-order chi connectivity index (χ1) is 14.0. The zero-order valence-corrected chi connectivity index (χ0v) is 17.5. The Balaban J connectivity index is 1.82. The van der Waals surface area contributed by atoms with E-state index in [0.717, 1.165) is 0 Å². The van der Waals surface area contributed by atoms with Gasteiger partial charge in [0.2, 0.25) is 0 Å². The van der Waals surface area contributed by atoms with Crippen molar-refractivity contribution in [3.63, 3.8) is 0 Å². The van der Waals surface area contributed by atoms with Crippen molar-refractivity contribution in [3.8, 4) is 0 Å². The first kappa shape index (κ1) is 21.3. The van der Waals surface area contributed by atoms with Crippen LogP contribution in [0.4, 0.5) is 0 Å². The van der Waals surface area contributed by atoms with Gasteiger partial charge in [-0.3, -0.25) is 28.5 Å². The second kappa shape index (κ2) is 9.85. The maximum absolute atomic E-state index is 13.6. The molecule has 0 aromatic carbocycles. The number of nitrogens with zero attached hydrogens (tertiary/aromatic N) is 3. The molecule has 0 saturated heterocycles. The van der Waals surface area contributed by atoms with E-state index in [4.69, 9.17) is 13.6 Å². The van der Waals surface area contributed by atoms with Crippen molar-refractivity contribution in [1.29, 1.82) is 0 Å². The molecule has 3 rings (SSSR count). The van der Waals surface area contributed by atoms with Crippen LogP contribution in [-0.4, -0.2) is 15.0 Å². The van der Waals surface area contributed by atoms with E-state index in [-0.39, 0.29) is 0 Å². The van der Waals surface area contributed by atoms with Gasteiger partial charge in [0.15, 0.2) is 0 Å². The molecule has 0 N–H and O–H groups in total. The number of phosphoric acid groups is 1. The van der Waals surface area contributed by atoms with E-state index in [1.807, 2.05) is 18.2 Å². The minimum atomic E-state index is -4.00. The molecule has 3 heterocycles. The van der Waals surface area contributed by atoms with Gasteiger partial charge < -0.3 is 0 Å². The van der Waals surface area contributed by atoms with Crippen LogP contribution in [0.15, 0.2) is 73.2 Å². The molecule has 3 aromatic rings. The average Bonchev–Trinajstić information content (AvgIpc) is 2.75. The smallest absolute Gasteiger partial charge is 0.277 e. The lowest BCUT2D eigenvalue weighted by Crippen LogP contribution is -2.11. The average molecular weight is 413 g/mol. The second-order valence-corrected chi connectivity index (χ2v) is 7.98.